The maximum absolute atomic E-state index is 13.6. The SMILES string of the molecule is CCN(CC)c1ccc(C2=NC3CC(OC(CF)COCc4ccccc4)=CC=C3C=C2)cc1. The Morgan fingerprint density at radius 3 is 2.47 bits per heavy atom. The number of aliphatic imine (C=N–C) groups is 1. The molecule has 1 aliphatic carbocycles. The van der Waals surface area contributed by atoms with Gasteiger partial charge in [0.2, 0.25) is 0 Å². The van der Waals surface area contributed by atoms with E-state index in [0.29, 0.717) is 13.0 Å². The molecule has 2 aromatic rings. The molecule has 34 heavy (non-hydrogen) atoms. The smallest absolute Gasteiger partial charge is 0.150 e. The van der Waals surface area contributed by atoms with Crippen molar-refractivity contribution in [3.05, 3.63) is 101 Å². The van der Waals surface area contributed by atoms with Gasteiger partial charge in [0.05, 0.1) is 30.7 Å². The van der Waals surface area contributed by atoms with Crippen LogP contribution in [0.2, 0.25) is 0 Å². The Morgan fingerprint density at radius 2 is 1.76 bits per heavy atom. The third-order valence-corrected chi connectivity index (χ3v) is 6.17. The van der Waals surface area contributed by atoms with E-state index in [-0.39, 0.29) is 12.6 Å². The van der Waals surface area contributed by atoms with Crippen molar-refractivity contribution in [3.8, 4) is 0 Å². The molecule has 5 heteroatoms. The number of hydrogen-bond acceptors (Lipinski definition) is 4. The van der Waals surface area contributed by atoms with Crippen molar-refractivity contribution in [2.45, 2.75) is 39.0 Å². The van der Waals surface area contributed by atoms with Gasteiger partial charge in [-0.25, -0.2) is 4.39 Å². The Bertz CT molecular complexity index is 1050. The summed E-state index contributed by atoms with van der Waals surface area (Å²) in [5, 5.41) is 0. The van der Waals surface area contributed by atoms with Gasteiger partial charge in [-0.2, -0.15) is 0 Å². The first-order valence-electron chi connectivity index (χ1n) is 12.1. The Hall–Kier alpha value is -3.18. The third-order valence-electron chi connectivity index (χ3n) is 6.17. The fraction of sp³-hybridized carbons (Fsp3) is 0.345. The molecule has 0 radical (unpaired) electrons. The normalized spacial score (nSPS) is 17.9. The first-order chi connectivity index (χ1) is 16.7. The van der Waals surface area contributed by atoms with Gasteiger partial charge < -0.3 is 14.4 Å². The fourth-order valence-electron chi connectivity index (χ4n) is 4.25. The van der Waals surface area contributed by atoms with Crippen molar-refractivity contribution in [1.29, 1.82) is 0 Å². The highest BCUT2D eigenvalue weighted by atomic mass is 19.1. The average Bonchev–Trinajstić information content (AvgIpc) is 2.89. The number of halogens is 1. The van der Waals surface area contributed by atoms with E-state index in [0.717, 1.165) is 41.3 Å². The maximum Gasteiger partial charge on any atom is 0.150 e. The highest BCUT2D eigenvalue weighted by Crippen LogP contribution is 2.29. The number of rotatable bonds is 11. The van der Waals surface area contributed by atoms with Gasteiger partial charge in [-0.05, 0) is 54.8 Å². The molecule has 4 nitrogen and oxygen atoms in total. The molecule has 0 saturated carbocycles. The van der Waals surface area contributed by atoms with Crippen LogP contribution in [0.1, 0.15) is 31.4 Å². The topological polar surface area (TPSA) is 34.1 Å². The minimum atomic E-state index is -0.625. The van der Waals surface area contributed by atoms with Gasteiger partial charge in [0.25, 0.3) is 0 Å². The molecule has 2 aliphatic rings. The van der Waals surface area contributed by atoms with Gasteiger partial charge in [0, 0.05) is 25.2 Å². The van der Waals surface area contributed by atoms with Crippen molar-refractivity contribution in [2.24, 2.45) is 4.99 Å². The predicted molar refractivity (Wildman–Crippen MR) is 137 cm³/mol. The molecule has 0 fully saturated rings. The van der Waals surface area contributed by atoms with Crippen LogP contribution in [0.25, 0.3) is 0 Å². The molecular formula is C29H33FN2O2. The molecule has 2 atom stereocenters. The van der Waals surface area contributed by atoms with E-state index in [1.165, 1.54) is 5.69 Å². The van der Waals surface area contributed by atoms with Gasteiger partial charge in [-0.1, -0.05) is 54.6 Å². The molecule has 0 saturated heterocycles. The number of nitrogens with zero attached hydrogens (tertiary/aromatic N) is 2. The summed E-state index contributed by atoms with van der Waals surface area (Å²) in [4.78, 5) is 7.30. The van der Waals surface area contributed by atoms with E-state index in [4.69, 9.17) is 14.5 Å². The Kier molecular flexibility index (Phi) is 8.31. The minimum Gasteiger partial charge on any atom is -0.490 e. The Morgan fingerprint density at radius 1 is 1.00 bits per heavy atom. The van der Waals surface area contributed by atoms with Crippen LogP contribution in [0.4, 0.5) is 10.1 Å². The van der Waals surface area contributed by atoms with Crippen molar-refractivity contribution >= 4 is 11.4 Å². The minimum absolute atomic E-state index is 0.0204. The maximum atomic E-state index is 13.6. The quantitative estimate of drug-likeness (QED) is 0.410. The van der Waals surface area contributed by atoms with Crippen molar-refractivity contribution in [1.82, 2.24) is 0 Å². The zero-order chi connectivity index (χ0) is 23.8. The van der Waals surface area contributed by atoms with Gasteiger partial charge in [0.15, 0.2) is 0 Å². The summed E-state index contributed by atoms with van der Waals surface area (Å²) >= 11 is 0. The predicted octanol–water partition coefficient (Wildman–Crippen LogP) is 6.05. The van der Waals surface area contributed by atoms with Crippen LogP contribution in [0.5, 0.6) is 0 Å². The Balaban J connectivity index is 1.35. The summed E-state index contributed by atoms with van der Waals surface area (Å²) < 4.78 is 25.2. The van der Waals surface area contributed by atoms with Gasteiger partial charge >= 0.3 is 0 Å². The fourth-order valence-corrected chi connectivity index (χ4v) is 4.25. The first-order valence-corrected chi connectivity index (χ1v) is 12.1. The lowest BCUT2D eigenvalue weighted by Crippen LogP contribution is -2.25. The lowest BCUT2D eigenvalue weighted by Gasteiger charge is -2.26. The number of benzene rings is 2. The van der Waals surface area contributed by atoms with E-state index in [1.54, 1.807) is 0 Å². The number of hydrogen-bond donors (Lipinski definition) is 0. The second-order valence-electron chi connectivity index (χ2n) is 8.48. The van der Waals surface area contributed by atoms with Crippen LogP contribution < -0.4 is 4.90 Å². The molecule has 1 heterocycles. The lowest BCUT2D eigenvalue weighted by atomic mass is 9.93. The number of alkyl halides is 1. The third kappa shape index (κ3) is 6.03. The number of anilines is 1. The molecule has 4 rings (SSSR count). The zero-order valence-electron chi connectivity index (χ0n) is 20.0. The van der Waals surface area contributed by atoms with Crippen LogP contribution in [0.15, 0.2) is 95.2 Å². The second kappa shape index (κ2) is 11.8. The molecule has 0 spiro atoms. The number of dihydropyridines is 1. The number of allylic oxidation sites excluding steroid dienone is 3. The van der Waals surface area contributed by atoms with E-state index in [1.807, 2.05) is 42.5 Å². The van der Waals surface area contributed by atoms with Crippen LogP contribution in [-0.4, -0.2) is 44.2 Å². The van der Waals surface area contributed by atoms with E-state index in [9.17, 15) is 4.39 Å². The van der Waals surface area contributed by atoms with E-state index < -0.39 is 12.8 Å². The first kappa shape index (κ1) is 24.0. The molecule has 2 unspecified atom stereocenters. The largest absolute Gasteiger partial charge is 0.490 e. The van der Waals surface area contributed by atoms with E-state index in [2.05, 4.69) is 55.2 Å². The van der Waals surface area contributed by atoms with Crippen molar-refractivity contribution < 1.29 is 13.9 Å². The molecule has 0 N–H and O–H groups in total. The summed E-state index contributed by atoms with van der Waals surface area (Å²) in [6.45, 7) is 6.35. The number of ether oxygens (including phenoxy) is 2. The van der Waals surface area contributed by atoms with Gasteiger partial charge in [0.1, 0.15) is 12.8 Å². The van der Waals surface area contributed by atoms with Crippen LogP contribution in [-0.2, 0) is 16.1 Å². The Labute approximate surface area is 202 Å². The van der Waals surface area contributed by atoms with Crippen LogP contribution in [0.3, 0.4) is 0 Å². The zero-order valence-corrected chi connectivity index (χ0v) is 20.0. The summed E-state index contributed by atoms with van der Waals surface area (Å²) in [6.07, 6.45) is 8.12. The molecule has 0 aromatic heterocycles. The molecule has 0 bridgehead atoms. The molecule has 2 aromatic carbocycles. The highest BCUT2D eigenvalue weighted by molar-refractivity contribution is 6.10. The molecule has 178 valence electrons. The molecule has 1 aliphatic heterocycles. The van der Waals surface area contributed by atoms with Crippen LogP contribution >= 0.6 is 0 Å². The monoisotopic (exact) mass is 460 g/mol. The average molecular weight is 461 g/mol. The molecule has 0 amide bonds. The standard InChI is InChI=1S/C29H33FN2O2/c1-3-32(4-2)25-14-10-23(11-15-25)28-17-13-24-12-16-26(18-29(24)31-28)34-27(19-30)21-33-20-22-8-6-5-7-9-22/h5-17,27,29H,3-4,18-21H2,1-2H3. The van der Waals surface area contributed by atoms with Gasteiger partial charge in [-0.15, -0.1) is 0 Å². The van der Waals surface area contributed by atoms with E-state index >= 15 is 0 Å². The number of fused-ring (bicyclic) bond motifs is 1. The van der Waals surface area contributed by atoms with Crippen LogP contribution in [0, 0.1) is 0 Å². The summed E-state index contributed by atoms with van der Waals surface area (Å²) in [5.74, 6) is 0.745. The van der Waals surface area contributed by atoms with Gasteiger partial charge in [-0.3, -0.25) is 4.99 Å². The summed E-state index contributed by atoms with van der Waals surface area (Å²) in [5.41, 5.74) is 5.48. The highest BCUT2D eigenvalue weighted by Gasteiger charge is 2.23. The molecular weight excluding hydrogens is 427 g/mol. The van der Waals surface area contributed by atoms with Crippen molar-refractivity contribution in [2.75, 3.05) is 31.3 Å². The van der Waals surface area contributed by atoms with Crippen molar-refractivity contribution in [3.63, 3.8) is 0 Å². The second-order valence-corrected chi connectivity index (χ2v) is 8.48. The lowest BCUT2D eigenvalue weighted by molar-refractivity contribution is -0.00561. The summed E-state index contributed by atoms with van der Waals surface area (Å²) in [6, 6.07) is 18.4. The summed E-state index contributed by atoms with van der Waals surface area (Å²) in [7, 11) is 0.